The van der Waals surface area contributed by atoms with Crippen LogP contribution in [0.3, 0.4) is 0 Å². The minimum absolute atomic E-state index is 0.125. The monoisotopic (exact) mass is 276 g/mol. The van der Waals surface area contributed by atoms with Crippen LogP contribution in [-0.2, 0) is 0 Å². The van der Waals surface area contributed by atoms with Gasteiger partial charge in [0.2, 0.25) is 0 Å². The van der Waals surface area contributed by atoms with Crippen LogP contribution in [0.1, 0.15) is 17.3 Å². The molecule has 0 unspecified atom stereocenters. The molecule has 0 amide bonds. The average molecular weight is 277 g/mol. The second-order valence-corrected chi connectivity index (χ2v) is 4.33. The molecule has 0 aromatic heterocycles. The number of carbonyl (C=O) groups is 1. The summed E-state index contributed by atoms with van der Waals surface area (Å²) in [5.74, 6) is 1.29. The van der Waals surface area contributed by atoms with Gasteiger partial charge in [-0.25, -0.2) is 0 Å². The van der Waals surface area contributed by atoms with Crippen LogP contribution in [0.5, 0.6) is 17.2 Å². The van der Waals surface area contributed by atoms with Gasteiger partial charge >= 0.3 is 0 Å². The maximum absolute atomic E-state index is 11.7. The summed E-state index contributed by atoms with van der Waals surface area (Å²) in [5.41, 5.74) is 0.407. The Morgan fingerprint density at radius 3 is 2.26 bits per heavy atom. The lowest BCUT2D eigenvalue weighted by Crippen LogP contribution is -2.01. The highest BCUT2D eigenvalue weighted by atomic mass is 35.5. The zero-order chi connectivity index (χ0) is 13.8. The molecule has 19 heavy (non-hydrogen) atoms. The number of hydrogen-bond acceptors (Lipinski definition) is 3. The molecule has 3 nitrogen and oxygen atoms in total. The lowest BCUT2D eigenvalue weighted by molar-refractivity contribution is 0.101. The van der Waals surface area contributed by atoms with Gasteiger partial charge in [0.15, 0.2) is 5.78 Å². The molecule has 0 heterocycles. The summed E-state index contributed by atoms with van der Waals surface area (Å²) < 4.78 is 10.9. The van der Waals surface area contributed by atoms with E-state index < -0.39 is 0 Å². The van der Waals surface area contributed by atoms with Crippen LogP contribution in [0, 0.1) is 0 Å². The van der Waals surface area contributed by atoms with Gasteiger partial charge in [0, 0.05) is 0 Å². The first kappa shape index (κ1) is 13.4. The van der Waals surface area contributed by atoms with Crippen molar-refractivity contribution < 1.29 is 14.3 Å². The van der Waals surface area contributed by atoms with E-state index >= 15 is 0 Å². The fraction of sp³-hybridized carbons (Fsp3) is 0.133. The highest BCUT2D eigenvalue weighted by Crippen LogP contribution is 2.34. The van der Waals surface area contributed by atoms with E-state index in [1.165, 1.54) is 14.0 Å². The molecule has 0 fully saturated rings. The minimum Gasteiger partial charge on any atom is -0.496 e. The quantitative estimate of drug-likeness (QED) is 0.779. The Morgan fingerprint density at radius 1 is 1.00 bits per heavy atom. The first-order chi connectivity index (χ1) is 9.13. The molecule has 0 radical (unpaired) electrons. The molecule has 0 aliphatic rings. The van der Waals surface area contributed by atoms with E-state index in [2.05, 4.69) is 0 Å². The molecule has 0 atom stereocenters. The highest BCUT2D eigenvalue weighted by molar-refractivity contribution is 6.32. The second kappa shape index (κ2) is 5.76. The van der Waals surface area contributed by atoms with Gasteiger partial charge in [-0.15, -0.1) is 0 Å². The van der Waals surface area contributed by atoms with Crippen molar-refractivity contribution in [1.82, 2.24) is 0 Å². The molecule has 0 aliphatic carbocycles. The minimum atomic E-state index is -0.125. The van der Waals surface area contributed by atoms with Gasteiger partial charge in [-0.05, 0) is 31.2 Å². The van der Waals surface area contributed by atoms with Gasteiger partial charge in [0.05, 0.1) is 12.1 Å². The number of para-hydroxylation sites is 1. The van der Waals surface area contributed by atoms with Gasteiger partial charge < -0.3 is 9.47 Å². The standard InChI is InChI=1S/C15H13ClO3/c1-10(17)15-13(18-2)8-5-9-14(15)19-12-7-4-3-6-11(12)16/h3-9H,1-2H3. The molecular weight excluding hydrogens is 264 g/mol. The first-order valence-corrected chi connectivity index (χ1v) is 6.11. The van der Waals surface area contributed by atoms with Crippen molar-refractivity contribution in [2.75, 3.05) is 7.11 Å². The molecule has 0 spiro atoms. The highest BCUT2D eigenvalue weighted by Gasteiger charge is 2.16. The molecule has 0 bridgehead atoms. The van der Waals surface area contributed by atoms with Gasteiger partial charge in [-0.3, -0.25) is 4.79 Å². The van der Waals surface area contributed by atoms with Gasteiger partial charge in [0.25, 0.3) is 0 Å². The van der Waals surface area contributed by atoms with E-state index in [-0.39, 0.29) is 5.78 Å². The van der Waals surface area contributed by atoms with Crippen molar-refractivity contribution in [2.45, 2.75) is 6.92 Å². The Morgan fingerprint density at radius 2 is 1.63 bits per heavy atom. The maximum atomic E-state index is 11.7. The Hall–Kier alpha value is -2.00. The summed E-state index contributed by atoms with van der Waals surface area (Å²) in [6.07, 6.45) is 0. The zero-order valence-corrected chi connectivity index (χ0v) is 11.4. The summed E-state index contributed by atoms with van der Waals surface area (Å²) in [7, 11) is 1.51. The number of rotatable bonds is 4. The van der Waals surface area contributed by atoms with Crippen molar-refractivity contribution in [2.24, 2.45) is 0 Å². The van der Waals surface area contributed by atoms with E-state index in [9.17, 15) is 4.79 Å². The normalized spacial score (nSPS) is 10.1. The van der Waals surface area contributed by atoms with Crippen molar-refractivity contribution >= 4 is 17.4 Å². The number of benzene rings is 2. The third kappa shape index (κ3) is 2.88. The zero-order valence-electron chi connectivity index (χ0n) is 10.6. The number of carbonyl (C=O) groups excluding carboxylic acids is 1. The van der Waals surface area contributed by atoms with E-state index in [4.69, 9.17) is 21.1 Å². The molecule has 4 heteroatoms. The number of ketones is 1. The number of halogens is 1. The fourth-order valence-electron chi connectivity index (χ4n) is 1.76. The molecule has 2 aromatic carbocycles. The maximum Gasteiger partial charge on any atom is 0.167 e. The van der Waals surface area contributed by atoms with E-state index in [1.807, 2.05) is 12.1 Å². The number of hydrogen-bond donors (Lipinski definition) is 0. The second-order valence-electron chi connectivity index (χ2n) is 3.92. The van der Waals surface area contributed by atoms with E-state index in [1.54, 1.807) is 30.3 Å². The SMILES string of the molecule is COc1cccc(Oc2ccccc2Cl)c1C(C)=O. The lowest BCUT2D eigenvalue weighted by atomic mass is 10.1. The Balaban J connectivity index is 2.46. The Bertz CT molecular complexity index is 608. The number of ether oxygens (including phenoxy) is 2. The first-order valence-electron chi connectivity index (χ1n) is 5.74. The van der Waals surface area contributed by atoms with Crippen molar-refractivity contribution in [1.29, 1.82) is 0 Å². The smallest absolute Gasteiger partial charge is 0.167 e. The lowest BCUT2D eigenvalue weighted by Gasteiger charge is -2.13. The molecule has 2 aromatic rings. The Kier molecular flexibility index (Phi) is 4.07. The predicted octanol–water partition coefficient (Wildman–Crippen LogP) is 4.34. The molecule has 0 aliphatic heterocycles. The third-order valence-electron chi connectivity index (χ3n) is 2.62. The average Bonchev–Trinajstić information content (AvgIpc) is 2.40. The van der Waals surface area contributed by atoms with Crippen LogP contribution in [-0.4, -0.2) is 12.9 Å². The van der Waals surface area contributed by atoms with Crippen molar-refractivity contribution in [3.05, 3.63) is 53.1 Å². The topological polar surface area (TPSA) is 35.5 Å². The molecule has 0 saturated carbocycles. The Labute approximate surface area is 116 Å². The number of methoxy groups -OCH3 is 1. The van der Waals surface area contributed by atoms with Crippen LogP contribution in [0.2, 0.25) is 5.02 Å². The van der Waals surface area contributed by atoms with Crippen LogP contribution >= 0.6 is 11.6 Å². The van der Waals surface area contributed by atoms with Gasteiger partial charge in [-0.1, -0.05) is 29.8 Å². The summed E-state index contributed by atoms with van der Waals surface area (Å²) in [5, 5.41) is 0.486. The summed E-state index contributed by atoms with van der Waals surface area (Å²) in [6, 6.07) is 12.3. The summed E-state index contributed by atoms with van der Waals surface area (Å²) in [6.45, 7) is 1.47. The molecule has 0 saturated heterocycles. The van der Waals surface area contributed by atoms with Gasteiger partial charge in [-0.2, -0.15) is 0 Å². The fourth-order valence-corrected chi connectivity index (χ4v) is 1.93. The third-order valence-corrected chi connectivity index (χ3v) is 2.93. The van der Waals surface area contributed by atoms with Crippen LogP contribution < -0.4 is 9.47 Å². The van der Waals surface area contributed by atoms with Gasteiger partial charge in [0.1, 0.15) is 22.8 Å². The van der Waals surface area contributed by atoms with Crippen LogP contribution in [0.25, 0.3) is 0 Å². The molecule has 2 rings (SSSR count). The number of Topliss-reactive ketones (excluding diaryl/α,β-unsaturated/α-hetero) is 1. The van der Waals surface area contributed by atoms with Crippen LogP contribution in [0.15, 0.2) is 42.5 Å². The van der Waals surface area contributed by atoms with Crippen molar-refractivity contribution in [3.63, 3.8) is 0 Å². The van der Waals surface area contributed by atoms with E-state index in [0.29, 0.717) is 27.8 Å². The summed E-state index contributed by atoms with van der Waals surface area (Å²) in [4.78, 5) is 11.7. The predicted molar refractivity (Wildman–Crippen MR) is 74.5 cm³/mol. The molecule has 0 N–H and O–H groups in total. The molecular formula is C15H13ClO3. The van der Waals surface area contributed by atoms with Crippen molar-refractivity contribution in [3.8, 4) is 17.2 Å². The largest absolute Gasteiger partial charge is 0.496 e. The molecule has 98 valence electrons. The summed E-state index contributed by atoms with van der Waals surface area (Å²) >= 11 is 6.04. The van der Waals surface area contributed by atoms with E-state index in [0.717, 1.165) is 0 Å². The van der Waals surface area contributed by atoms with Crippen LogP contribution in [0.4, 0.5) is 0 Å².